The van der Waals surface area contributed by atoms with E-state index in [0.29, 0.717) is 11.8 Å². The van der Waals surface area contributed by atoms with Crippen molar-refractivity contribution in [3.05, 3.63) is 70.4 Å². The minimum absolute atomic E-state index is 0.244. The van der Waals surface area contributed by atoms with E-state index in [2.05, 4.69) is 58.6 Å². The SMILES string of the molecule is CCCC1C=CC=c2c(ccn2Cc2ccc(C(N)=NNC(C)=O)cc2)=C1. The molecule has 27 heavy (non-hydrogen) atoms. The van der Waals surface area contributed by atoms with Gasteiger partial charge in [-0.25, -0.2) is 5.43 Å². The minimum Gasteiger partial charge on any atom is -0.382 e. The zero-order valence-corrected chi connectivity index (χ0v) is 15.9. The predicted molar refractivity (Wildman–Crippen MR) is 110 cm³/mol. The number of hydrogen-bond donors (Lipinski definition) is 2. The number of benzene rings is 1. The summed E-state index contributed by atoms with van der Waals surface area (Å²) in [6.07, 6.45) is 13.5. The van der Waals surface area contributed by atoms with Crippen LogP contribution in [-0.4, -0.2) is 16.3 Å². The van der Waals surface area contributed by atoms with Crippen molar-refractivity contribution in [2.24, 2.45) is 16.8 Å². The molecule has 1 aliphatic carbocycles. The fourth-order valence-corrected chi connectivity index (χ4v) is 3.24. The average molecular weight is 362 g/mol. The monoisotopic (exact) mass is 362 g/mol. The lowest BCUT2D eigenvalue weighted by Gasteiger charge is -2.06. The second kappa shape index (κ2) is 8.54. The summed E-state index contributed by atoms with van der Waals surface area (Å²) >= 11 is 0. The van der Waals surface area contributed by atoms with E-state index >= 15 is 0 Å². The van der Waals surface area contributed by atoms with Gasteiger partial charge in [-0.15, -0.1) is 0 Å². The Bertz CT molecular complexity index is 980. The number of rotatable bonds is 6. The number of aromatic nitrogens is 1. The lowest BCUT2D eigenvalue weighted by molar-refractivity contribution is -0.118. The van der Waals surface area contributed by atoms with Crippen LogP contribution in [0.2, 0.25) is 0 Å². The summed E-state index contributed by atoms with van der Waals surface area (Å²) in [5.41, 5.74) is 10.2. The van der Waals surface area contributed by atoms with Gasteiger partial charge >= 0.3 is 0 Å². The topological polar surface area (TPSA) is 72.4 Å². The molecule has 0 fully saturated rings. The number of nitrogens with two attached hydrogens (primary N) is 1. The smallest absolute Gasteiger partial charge is 0.237 e. The number of amides is 1. The van der Waals surface area contributed by atoms with Gasteiger partial charge in [-0.2, -0.15) is 5.10 Å². The molecule has 1 heterocycles. The Morgan fingerprint density at radius 2 is 2.04 bits per heavy atom. The first-order valence-corrected chi connectivity index (χ1v) is 9.31. The van der Waals surface area contributed by atoms with Gasteiger partial charge in [0.1, 0.15) is 0 Å². The molecule has 3 N–H and O–H groups in total. The molecule has 0 spiro atoms. The van der Waals surface area contributed by atoms with E-state index in [1.54, 1.807) is 0 Å². The van der Waals surface area contributed by atoms with E-state index in [1.807, 2.05) is 24.3 Å². The van der Waals surface area contributed by atoms with Crippen molar-refractivity contribution in [1.29, 1.82) is 0 Å². The van der Waals surface area contributed by atoms with Gasteiger partial charge in [-0.3, -0.25) is 4.79 Å². The third kappa shape index (κ3) is 4.76. The molecule has 1 aromatic carbocycles. The first kappa shape index (κ1) is 18.7. The number of amidine groups is 1. The molecule has 5 nitrogen and oxygen atoms in total. The van der Waals surface area contributed by atoms with Gasteiger partial charge in [-0.05, 0) is 35.3 Å². The second-order valence-electron chi connectivity index (χ2n) is 6.82. The molecule has 3 rings (SSSR count). The van der Waals surface area contributed by atoms with E-state index < -0.39 is 0 Å². The van der Waals surface area contributed by atoms with Crippen LogP contribution in [0.1, 0.15) is 37.8 Å². The first-order valence-electron chi connectivity index (χ1n) is 9.31. The van der Waals surface area contributed by atoms with E-state index in [9.17, 15) is 4.79 Å². The van der Waals surface area contributed by atoms with E-state index in [0.717, 1.165) is 12.1 Å². The molecule has 0 bridgehead atoms. The van der Waals surface area contributed by atoms with Gasteiger partial charge < -0.3 is 10.3 Å². The molecule has 5 heteroatoms. The van der Waals surface area contributed by atoms with Gasteiger partial charge in [0.05, 0.1) is 0 Å². The zero-order valence-electron chi connectivity index (χ0n) is 15.9. The normalized spacial score (nSPS) is 16.1. The number of nitrogens with zero attached hydrogens (tertiary/aromatic N) is 2. The molecule has 1 aliphatic rings. The minimum atomic E-state index is -0.244. The van der Waals surface area contributed by atoms with Gasteiger partial charge in [0.15, 0.2) is 5.84 Å². The summed E-state index contributed by atoms with van der Waals surface area (Å²) < 4.78 is 2.26. The van der Waals surface area contributed by atoms with Crippen molar-refractivity contribution in [2.45, 2.75) is 33.2 Å². The highest BCUT2D eigenvalue weighted by atomic mass is 16.2. The number of allylic oxidation sites excluding steroid dienone is 2. The molecule has 1 amide bonds. The number of fused-ring (bicyclic) bond motifs is 1. The third-order valence-electron chi connectivity index (χ3n) is 4.60. The number of carbonyl (C=O) groups excluding carboxylic acids is 1. The Labute approximate surface area is 159 Å². The molecule has 0 radical (unpaired) electrons. The Balaban J connectivity index is 1.79. The Morgan fingerprint density at radius 3 is 2.74 bits per heavy atom. The third-order valence-corrected chi connectivity index (χ3v) is 4.60. The number of hydrogen-bond acceptors (Lipinski definition) is 2. The van der Waals surface area contributed by atoms with Gasteiger partial charge in [0, 0.05) is 30.6 Å². The van der Waals surface area contributed by atoms with Crippen molar-refractivity contribution >= 4 is 23.9 Å². The van der Waals surface area contributed by atoms with Crippen LogP contribution in [-0.2, 0) is 11.3 Å². The largest absolute Gasteiger partial charge is 0.382 e. The lowest BCUT2D eigenvalue weighted by atomic mass is 10.0. The fourth-order valence-electron chi connectivity index (χ4n) is 3.24. The molecule has 0 aliphatic heterocycles. The van der Waals surface area contributed by atoms with Crippen LogP contribution in [0, 0.1) is 5.92 Å². The van der Waals surface area contributed by atoms with Crippen LogP contribution in [0.15, 0.2) is 53.8 Å². The maximum Gasteiger partial charge on any atom is 0.237 e. The molecule has 1 unspecified atom stereocenters. The average Bonchev–Trinajstić information content (AvgIpc) is 2.90. The lowest BCUT2D eigenvalue weighted by Crippen LogP contribution is -2.29. The van der Waals surface area contributed by atoms with Crippen molar-refractivity contribution < 1.29 is 4.79 Å². The van der Waals surface area contributed by atoms with Crippen LogP contribution >= 0.6 is 0 Å². The highest BCUT2D eigenvalue weighted by molar-refractivity contribution is 5.97. The van der Waals surface area contributed by atoms with E-state index in [-0.39, 0.29) is 5.91 Å². The van der Waals surface area contributed by atoms with Gasteiger partial charge in [0.25, 0.3) is 0 Å². The molecule has 0 saturated carbocycles. The zero-order chi connectivity index (χ0) is 19.2. The molecule has 1 aromatic heterocycles. The molecule has 0 saturated heterocycles. The van der Waals surface area contributed by atoms with Crippen LogP contribution in [0.4, 0.5) is 0 Å². The van der Waals surface area contributed by atoms with Crippen molar-refractivity contribution in [2.75, 3.05) is 0 Å². The van der Waals surface area contributed by atoms with Crippen LogP contribution in [0.5, 0.6) is 0 Å². The van der Waals surface area contributed by atoms with Crippen LogP contribution < -0.4 is 21.7 Å². The maximum absolute atomic E-state index is 10.9. The predicted octanol–water partition coefficient (Wildman–Crippen LogP) is 1.84. The summed E-state index contributed by atoms with van der Waals surface area (Å²) in [5, 5.41) is 6.39. The Kier molecular flexibility index (Phi) is 5.91. The Hall–Kier alpha value is -3.08. The van der Waals surface area contributed by atoms with E-state index in [4.69, 9.17) is 5.73 Å². The number of nitrogens with one attached hydrogen (secondary N) is 1. The molecule has 1 atom stereocenters. The quantitative estimate of drug-likeness (QED) is 0.468. The number of carbonyl (C=O) groups is 1. The highest BCUT2D eigenvalue weighted by Gasteiger charge is 2.05. The van der Waals surface area contributed by atoms with Crippen molar-refractivity contribution in [3.63, 3.8) is 0 Å². The highest BCUT2D eigenvalue weighted by Crippen LogP contribution is 2.11. The summed E-state index contributed by atoms with van der Waals surface area (Å²) in [4.78, 5) is 10.9. The van der Waals surface area contributed by atoms with Crippen LogP contribution in [0.3, 0.4) is 0 Å². The molecule has 2 aromatic rings. The number of hydrazone groups is 1. The summed E-state index contributed by atoms with van der Waals surface area (Å²) in [6, 6.07) is 10.1. The maximum atomic E-state index is 10.9. The van der Waals surface area contributed by atoms with Crippen molar-refractivity contribution in [3.8, 4) is 0 Å². The molecular weight excluding hydrogens is 336 g/mol. The van der Waals surface area contributed by atoms with Crippen molar-refractivity contribution in [1.82, 2.24) is 9.99 Å². The summed E-state index contributed by atoms with van der Waals surface area (Å²) in [6.45, 7) is 4.41. The van der Waals surface area contributed by atoms with Gasteiger partial charge in [0.2, 0.25) is 5.91 Å². The summed E-state index contributed by atoms with van der Waals surface area (Å²) in [7, 11) is 0. The first-order chi connectivity index (χ1) is 13.1. The second-order valence-corrected chi connectivity index (χ2v) is 6.82. The standard InChI is InChI=1S/C22H26N4O/c1-3-5-17-6-4-7-21-20(14-17)12-13-26(21)15-18-8-10-19(11-9-18)22(23)25-24-16(2)27/h4,6-14,17H,3,5,15H2,1-2H3,(H2,23,25)(H,24,27). The Morgan fingerprint density at radius 1 is 1.26 bits per heavy atom. The molecule has 140 valence electrons. The molecular formula is C22H26N4O. The summed E-state index contributed by atoms with van der Waals surface area (Å²) in [5.74, 6) is 0.557. The van der Waals surface area contributed by atoms with Gasteiger partial charge in [-0.1, -0.05) is 55.8 Å². The van der Waals surface area contributed by atoms with E-state index in [1.165, 1.54) is 35.9 Å². The van der Waals surface area contributed by atoms with Crippen LogP contribution in [0.25, 0.3) is 12.2 Å². The fraction of sp³-hybridized carbons (Fsp3) is 0.273.